The lowest BCUT2D eigenvalue weighted by molar-refractivity contribution is 0.682. The Morgan fingerprint density at radius 1 is 1.05 bits per heavy atom. The Labute approximate surface area is 115 Å². The number of nitrogens with zero attached hydrogens (tertiary/aromatic N) is 1. The van der Waals surface area contributed by atoms with Gasteiger partial charge in [-0.2, -0.15) is 0 Å². The predicted octanol–water partition coefficient (Wildman–Crippen LogP) is 3.90. The van der Waals surface area contributed by atoms with E-state index in [0.29, 0.717) is 6.04 Å². The average molecular weight is 252 g/mol. The van der Waals surface area contributed by atoms with Crippen molar-refractivity contribution in [2.75, 3.05) is 16.8 Å². The molecule has 19 heavy (non-hydrogen) atoms. The minimum Gasteiger partial charge on any atom is -0.381 e. The maximum Gasteiger partial charge on any atom is 0.0605 e. The third-order valence-electron chi connectivity index (χ3n) is 3.69. The first-order valence-electron chi connectivity index (χ1n) is 6.97. The maximum atomic E-state index is 3.60. The summed E-state index contributed by atoms with van der Waals surface area (Å²) in [4.78, 5) is 2.47. The summed E-state index contributed by atoms with van der Waals surface area (Å²) < 4.78 is 0. The van der Waals surface area contributed by atoms with E-state index in [0.717, 1.165) is 13.1 Å². The topological polar surface area (TPSA) is 15.3 Å². The molecule has 0 aliphatic carbocycles. The summed E-state index contributed by atoms with van der Waals surface area (Å²) in [6.07, 6.45) is 1.17. The molecule has 3 rings (SSSR count). The van der Waals surface area contributed by atoms with Crippen LogP contribution in [0.25, 0.3) is 0 Å². The smallest absolute Gasteiger partial charge is 0.0605 e. The number of rotatable bonds is 2. The van der Waals surface area contributed by atoms with Gasteiger partial charge in [0, 0.05) is 19.1 Å². The van der Waals surface area contributed by atoms with Gasteiger partial charge in [0.15, 0.2) is 0 Å². The molecular formula is C17H20N2. The van der Waals surface area contributed by atoms with E-state index >= 15 is 0 Å². The van der Waals surface area contributed by atoms with E-state index in [4.69, 9.17) is 0 Å². The highest BCUT2D eigenvalue weighted by Gasteiger charge is 2.17. The van der Waals surface area contributed by atoms with Crippen LogP contribution in [0.1, 0.15) is 18.9 Å². The van der Waals surface area contributed by atoms with Crippen LogP contribution < -0.4 is 10.2 Å². The minimum absolute atomic E-state index is 0.530. The molecule has 0 aromatic heterocycles. The van der Waals surface area contributed by atoms with Gasteiger partial charge in [-0.05, 0) is 31.0 Å². The molecule has 1 N–H and O–H groups in total. The van der Waals surface area contributed by atoms with E-state index in [1.165, 1.54) is 23.4 Å². The van der Waals surface area contributed by atoms with Crippen LogP contribution in [-0.4, -0.2) is 12.6 Å². The monoisotopic (exact) mass is 252 g/mol. The standard InChI is InChI=1S/C17H20N2/c1-14-11-12-19(13-15-7-3-2-4-8-15)17-10-6-5-9-16(17)18-14/h2-10,14,18H,11-13H2,1H3/t14-/m0/s1. The minimum atomic E-state index is 0.530. The maximum absolute atomic E-state index is 3.60. The third-order valence-corrected chi connectivity index (χ3v) is 3.69. The molecule has 0 unspecified atom stereocenters. The highest BCUT2D eigenvalue weighted by Crippen LogP contribution is 2.30. The van der Waals surface area contributed by atoms with Gasteiger partial charge in [0.2, 0.25) is 0 Å². The third kappa shape index (κ3) is 2.73. The molecule has 2 nitrogen and oxygen atoms in total. The quantitative estimate of drug-likeness (QED) is 0.872. The van der Waals surface area contributed by atoms with E-state index in [-0.39, 0.29) is 0 Å². The summed E-state index contributed by atoms with van der Waals surface area (Å²) in [6, 6.07) is 19.8. The highest BCUT2D eigenvalue weighted by atomic mass is 15.2. The normalized spacial score (nSPS) is 18.4. The van der Waals surface area contributed by atoms with Crippen LogP contribution in [0.5, 0.6) is 0 Å². The van der Waals surface area contributed by atoms with Crippen molar-refractivity contribution in [1.29, 1.82) is 0 Å². The van der Waals surface area contributed by atoms with E-state index < -0.39 is 0 Å². The zero-order chi connectivity index (χ0) is 13.1. The molecule has 0 saturated heterocycles. The molecule has 1 aliphatic rings. The van der Waals surface area contributed by atoms with Crippen LogP contribution in [0.4, 0.5) is 11.4 Å². The second-order valence-electron chi connectivity index (χ2n) is 5.26. The summed E-state index contributed by atoms with van der Waals surface area (Å²) in [7, 11) is 0. The number of para-hydroxylation sites is 2. The molecule has 0 amide bonds. The number of nitrogens with one attached hydrogen (secondary N) is 1. The average Bonchev–Trinajstić information content (AvgIpc) is 2.60. The van der Waals surface area contributed by atoms with Crippen molar-refractivity contribution in [3.8, 4) is 0 Å². The van der Waals surface area contributed by atoms with E-state index in [2.05, 4.69) is 71.7 Å². The van der Waals surface area contributed by atoms with Gasteiger partial charge in [-0.1, -0.05) is 42.5 Å². The molecule has 0 fully saturated rings. The van der Waals surface area contributed by atoms with E-state index in [1.54, 1.807) is 0 Å². The van der Waals surface area contributed by atoms with Gasteiger partial charge in [0.05, 0.1) is 11.4 Å². The zero-order valence-electron chi connectivity index (χ0n) is 11.3. The van der Waals surface area contributed by atoms with Crippen molar-refractivity contribution in [2.45, 2.75) is 25.9 Å². The van der Waals surface area contributed by atoms with Gasteiger partial charge in [-0.3, -0.25) is 0 Å². The van der Waals surface area contributed by atoms with Crippen LogP contribution in [-0.2, 0) is 6.54 Å². The molecule has 0 bridgehead atoms. The van der Waals surface area contributed by atoms with Crippen LogP contribution in [0.15, 0.2) is 54.6 Å². The largest absolute Gasteiger partial charge is 0.381 e. The molecule has 98 valence electrons. The Balaban J connectivity index is 1.89. The van der Waals surface area contributed by atoms with Crippen LogP contribution in [0.2, 0.25) is 0 Å². The van der Waals surface area contributed by atoms with Crippen molar-refractivity contribution in [2.24, 2.45) is 0 Å². The molecule has 2 aromatic carbocycles. The number of anilines is 2. The lowest BCUT2D eigenvalue weighted by Crippen LogP contribution is -2.24. The van der Waals surface area contributed by atoms with Crippen molar-refractivity contribution in [1.82, 2.24) is 0 Å². The molecule has 0 spiro atoms. The lowest BCUT2D eigenvalue weighted by Gasteiger charge is -2.24. The molecule has 1 atom stereocenters. The Hall–Kier alpha value is -1.96. The second-order valence-corrected chi connectivity index (χ2v) is 5.26. The summed E-state index contributed by atoms with van der Waals surface area (Å²) in [5.74, 6) is 0. The highest BCUT2D eigenvalue weighted by molar-refractivity contribution is 5.71. The molecule has 1 heterocycles. The molecular weight excluding hydrogens is 232 g/mol. The van der Waals surface area contributed by atoms with Gasteiger partial charge in [-0.15, -0.1) is 0 Å². The summed E-state index contributed by atoms with van der Waals surface area (Å²) in [5.41, 5.74) is 3.94. The van der Waals surface area contributed by atoms with E-state index in [1.807, 2.05) is 0 Å². The number of hydrogen-bond acceptors (Lipinski definition) is 2. The number of fused-ring (bicyclic) bond motifs is 1. The van der Waals surface area contributed by atoms with Crippen LogP contribution in [0, 0.1) is 0 Å². The van der Waals surface area contributed by atoms with Crippen molar-refractivity contribution in [3.05, 3.63) is 60.2 Å². The van der Waals surface area contributed by atoms with Gasteiger partial charge in [0.25, 0.3) is 0 Å². The van der Waals surface area contributed by atoms with Gasteiger partial charge in [0.1, 0.15) is 0 Å². The Morgan fingerprint density at radius 2 is 1.79 bits per heavy atom. The second kappa shape index (κ2) is 5.35. The summed E-state index contributed by atoms with van der Waals surface area (Å²) in [5, 5.41) is 3.60. The molecule has 0 radical (unpaired) electrons. The van der Waals surface area contributed by atoms with Crippen molar-refractivity contribution >= 4 is 11.4 Å². The number of benzene rings is 2. The summed E-state index contributed by atoms with van der Waals surface area (Å²) >= 11 is 0. The first-order valence-corrected chi connectivity index (χ1v) is 6.97. The first-order chi connectivity index (χ1) is 9.33. The molecule has 2 aromatic rings. The van der Waals surface area contributed by atoms with Crippen molar-refractivity contribution < 1.29 is 0 Å². The van der Waals surface area contributed by atoms with Crippen LogP contribution >= 0.6 is 0 Å². The molecule has 2 heteroatoms. The van der Waals surface area contributed by atoms with E-state index in [9.17, 15) is 0 Å². The summed E-state index contributed by atoms with van der Waals surface area (Å²) in [6.45, 7) is 4.33. The molecule has 1 aliphatic heterocycles. The fraction of sp³-hybridized carbons (Fsp3) is 0.294. The predicted molar refractivity (Wildman–Crippen MR) is 81.6 cm³/mol. The Bertz CT molecular complexity index is 536. The first kappa shape index (κ1) is 12.1. The van der Waals surface area contributed by atoms with Crippen LogP contribution in [0.3, 0.4) is 0 Å². The fourth-order valence-corrected chi connectivity index (χ4v) is 2.65. The lowest BCUT2D eigenvalue weighted by atomic mass is 10.2. The number of hydrogen-bond donors (Lipinski definition) is 1. The Kier molecular flexibility index (Phi) is 3.41. The van der Waals surface area contributed by atoms with Crippen molar-refractivity contribution in [3.63, 3.8) is 0 Å². The Morgan fingerprint density at radius 3 is 2.63 bits per heavy atom. The SMILES string of the molecule is C[C@H]1CCN(Cc2ccccc2)c2ccccc2N1. The van der Waals surface area contributed by atoms with Gasteiger partial charge >= 0.3 is 0 Å². The van der Waals surface area contributed by atoms with Gasteiger partial charge < -0.3 is 10.2 Å². The fourth-order valence-electron chi connectivity index (χ4n) is 2.65. The zero-order valence-corrected chi connectivity index (χ0v) is 11.3. The molecule has 0 saturated carbocycles. The van der Waals surface area contributed by atoms with Gasteiger partial charge in [-0.25, -0.2) is 0 Å².